The summed E-state index contributed by atoms with van der Waals surface area (Å²) >= 11 is 1.72. The van der Waals surface area contributed by atoms with Gasteiger partial charge in [0.05, 0.1) is 11.5 Å². The summed E-state index contributed by atoms with van der Waals surface area (Å²) in [5, 5.41) is 13.3. The van der Waals surface area contributed by atoms with Crippen LogP contribution in [0.25, 0.3) is 0 Å². The molecule has 1 rings (SSSR count). The lowest BCUT2D eigenvalue weighted by atomic mass is 9.96. The summed E-state index contributed by atoms with van der Waals surface area (Å²) in [5.74, 6) is 0. The van der Waals surface area contributed by atoms with E-state index in [4.69, 9.17) is 5.26 Å². The van der Waals surface area contributed by atoms with Crippen LogP contribution in [0.1, 0.15) is 32.6 Å². The van der Waals surface area contributed by atoms with Gasteiger partial charge in [-0.15, -0.1) is 11.3 Å². The van der Waals surface area contributed by atoms with Gasteiger partial charge in [-0.05, 0) is 27.7 Å². The maximum Gasteiger partial charge on any atom is 0.185 e. The molecule has 0 aromatic carbocycles. The smallest absolute Gasteiger partial charge is 0.185 e. The fourth-order valence-corrected chi connectivity index (χ4v) is 2.56. The van der Waals surface area contributed by atoms with Gasteiger partial charge in [0.15, 0.2) is 5.13 Å². The Hall–Kier alpha value is -1.12. The molecule has 0 spiro atoms. The lowest BCUT2D eigenvalue weighted by Crippen LogP contribution is -2.27. The lowest BCUT2D eigenvalue weighted by molar-refractivity contribution is 0.446. The first-order chi connectivity index (χ1) is 8.52. The molecule has 0 aliphatic heterocycles. The summed E-state index contributed by atoms with van der Waals surface area (Å²) < 4.78 is 0. The van der Waals surface area contributed by atoms with Crippen LogP contribution in [0.4, 0.5) is 5.13 Å². The predicted octanol–water partition coefficient (Wildman–Crippen LogP) is 2.63. The molecule has 0 atom stereocenters. The number of rotatable bonds is 7. The predicted molar refractivity (Wildman–Crippen MR) is 76.8 cm³/mol. The Labute approximate surface area is 114 Å². The van der Waals surface area contributed by atoms with Crippen LogP contribution >= 0.6 is 11.3 Å². The van der Waals surface area contributed by atoms with Crippen molar-refractivity contribution in [1.29, 1.82) is 5.26 Å². The van der Waals surface area contributed by atoms with Gasteiger partial charge in [-0.2, -0.15) is 5.26 Å². The van der Waals surface area contributed by atoms with Crippen LogP contribution in [0, 0.1) is 16.7 Å². The van der Waals surface area contributed by atoms with Crippen molar-refractivity contribution >= 4 is 16.5 Å². The van der Waals surface area contributed by atoms with Gasteiger partial charge in [-0.3, -0.25) is 0 Å². The van der Waals surface area contributed by atoms with Crippen molar-refractivity contribution < 1.29 is 0 Å². The maximum atomic E-state index is 8.93. The number of anilines is 1. The molecule has 1 aromatic rings. The summed E-state index contributed by atoms with van der Waals surface area (Å²) in [6.07, 6.45) is 1.92. The van der Waals surface area contributed by atoms with Crippen molar-refractivity contribution in [3.05, 3.63) is 11.1 Å². The Bertz CT molecular complexity index is 401. The monoisotopic (exact) mass is 266 g/mol. The highest BCUT2D eigenvalue weighted by atomic mass is 32.1. The third-order valence-electron chi connectivity index (χ3n) is 2.74. The van der Waals surface area contributed by atoms with Crippen molar-refractivity contribution in [2.45, 2.75) is 34.2 Å². The second-order valence-electron chi connectivity index (χ2n) is 4.88. The molecule has 0 aliphatic rings. The number of hydrogen-bond acceptors (Lipinski definition) is 5. The van der Waals surface area contributed by atoms with Gasteiger partial charge in [0.25, 0.3) is 0 Å². The first kappa shape index (κ1) is 14.9. The van der Waals surface area contributed by atoms with E-state index in [2.05, 4.69) is 35.1 Å². The van der Waals surface area contributed by atoms with E-state index < -0.39 is 0 Å². The molecule has 100 valence electrons. The first-order valence-electron chi connectivity index (χ1n) is 6.34. The Morgan fingerprint density at radius 2 is 2.11 bits per heavy atom. The average Bonchev–Trinajstić information content (AvgIpc) is 2.79. The third-order valence-corrected chi connectivity index (χ3v) is 3.80. The highest BCUT2D eigenvalue weighted by Gasteiger charge is 2.16. The highest BCUT2D eigenvalue weighted by Crippen LogP contribution is 2.22. The van der Waals surface area contributed by atoms with Crippen LogP contribution in [-0.4, -0.2) is 24.6 Å². The molecule has 4 nitrogen and oxygen atoms in total. The van der Waals surface area contributed by atoms with E-state index in [1.807, 2.05) is 20.0 Å². The van der Waals surface area contributed by atoms with E-state index in [-0.39, 0.29) is 5.41 Å². The second-order valence-corrected chi connectivity index (χ2v) is 5.97. The van der Waals surface area contributed by atoms with Crippen LogP contribution in [-0.2, 0) is 6.54 Å². The van der Waals surface area contributed by atoms with Crippen molar-refractivity contribution in [1.82, 2.24) is 10.3 Å². The van der Waals surface area contributed by atoms with Gasteiger partial charge in [0.2, 0.25) is 0 Å². The minimum atomic E-state index is -0.313. The first-order valence-corrected chi connectivity index (χ1v) is 7.15. The highest BCUT2D eigenvalue weighted by molar-refractivity contribution is 7.15. The Balaban J connectivity index is 2.48. The molecule has 1 N–H and O–H groups in total. The quantitative estimate of drug-likeness (QED) is 0.824. The van der Waals surface area contributed by atoms with Gasteiger partial charge < -0.3 is 10.2 Å². The summed E-state index contributed by atoms with van der Waals surface area (Å²) in [7, 11) is 0. The summed E-state index contributed by atoms with van der Waals surface area (Å²) in [6, 6.07) is 2.29. The van der Waals surface area contributed by atoms with Crippen molar-refractivity contribution in [2.24, 2.45) is 5.41 Å². The van der Waals surface area contributed by atoms with E-state index in [0.717, 1.165) is 24.8 Å². The van der Waals surface area contributed by atoms with Crippen LogP contribution in [0.5, 0.6) is 0 Å². The largest absolute Gasteiger partial charge is 0.349 e. The topological polar surface area (TPSA) is 52.0 Å². The molecule has 0 saturated heterocycles. The molecule has 5 heteroatoms. The van der Waals surface area contributed by atoms with Crippen LogP contribution < -0.4 is 10.2 Å². The molecular formula is C13H22N4S. The number of aromatic nitrogens is 1. The van der Waals surface area contributed by atoms with Crippen LogP contribution in [0.15, 0.2) is 6.20 Å². The zero-order valence-corrected chi connectivity index (χ0v) is 12.5. The summed E-state index contributed by atoms with van der Waals surface area (Å²) in [5.41, 5.74) is -0.313. The van der Waals surface area contributed by atoms with Crippen LogP contribution in [0.3, 0.4) is 0 Å². The van der Waals surface area contributed by atoms with Crippen molar-refractivity contribution in [3.8, 4) is 6.07 Å². The van der Waals surface area contributed by atoms with Gasteiger partial charge in [-0.25, -0.2) is 4.98 Å². The normalized spacial score (nSPS) is 11.3. The van der Waals surface area contributed by atoms with Gasteiger partial charge in [-0.1, -0.05) is 0 Å². The van der Waals surface area contributed by atoms with Crippen molar-refractivity contribution in [3.63, 3.8) is 0 Å². The van der Waals surface area contributed by atoms with Gasteiger partial charge in [0.1, 0.15) is 0 Å². The molecular weight excluding hydrogens is 244 g/mol. The molecule has 0 fully saturated rings. The standard InChI is InChI=1S/C13H22N4S/c1-5-17(6-2)12-16-8-11(18-12)7-15-10-13(3,4)9-14/h8,15H,5-7,10H2,1-4H3. The van der Waals surface area contributed by atoms with E-state index in [1.54, 1.807) is 11.3 Å². The number of nitrogens with one attached hydrogen (secondary N) is 1. The second kappa shape index (κ2) is 6.72. The molecule has 1 aromatic heterocycles. The van der Waals surface area contributed by atoms with Crippen LogP contribution in [0.2, 0.25) is 0 Å². The zero-order chi connectivity index (χ0) is 13.6. The fraction of sp³-hybridized carbons (Fsp3) is 0.692. The number of nitriles is 1. The summed E-state index contributed by atoms with van der Waals surface area (Å²) in [4.78, 5) is 7.89. The Morgan fingerprint density at radius 3 is 2.67 bits per heavy atom. The Morgan fingerprint density at radius 1 is 1.44 bits per heavy atom. The number of thiazole rings is 1. The van der Waals surface area contributed by atoms with E-state index in [9.17, 15) is 0 Å². The minimum absolute atomic E-state index is 0.313. The average molecular weight is 266 g/mol. The van der Waals surface area contributed by atoms with E-state index >= 15 is 0 Å². The van der Waals surface area contributed by atoms with E-state index in [0.29, 0.717) is 6.54 Å². The minimum Gasteiger partial charge on any atom is -0.349 e. The molecule has 0 radical (unpaired) electrons. The number of nitrogens with zero attached hydrogens (tertiary/aromatic N) is 3. The van der Waals surface area contributed by atoms with Gasteiger partial charge in [0, 0.05) is 37.3 Å². The lowest BCUT2D eigenvalue weighted by Gasteiger charge is -2.16. The molecule has 0 bridgehead atoms. The van der Waals surface area contributed by atoms with Crippen molar-refractivity contribution in [2.75, 3.05) is 24.5 Å². The fourth-order valence-electron chi connectivity index (χ4n) is 1.56. The molecule has 0 unspecified atom stereocenters. The Kier molecular flexibility index (Phi) is 5.57. The van der Waals surface area contributed by atoms with Gasteiger partial charge >= 0.3 is 0 Å². The molecule has 0 amide bonds. The maximum absolute atomic E-state index is 8.93. The summed E-state index contributed by atoms with van der Waals surface area (Å²) in [6.45, 7) is 11.6. The molecule has 0 aliphatic carbocycles. The molecule has 18 heavy (non-hydrogen) atoms. The zero-order valence-electron chi connectivity index (χ0n) is 11.7. The molecule has 1 heterocycles. The SMILES string of the molecule is CCN(CC)c1ncc(CNCC(C)(C)C#N)s1. The number of hydrogen-bond donors (Lipinski definition) is 1. The third kappa shape index (κ3) is 4.28. The molecule has 0 saturated carbocycles. The van der Waals surface area contributed by atoms with E-state index in [1.165, 1.54) is 4.88 Å².